The lowest BCUT2D eigenvalue weighted by atomic mass is 10.3. The molecule has 0 aromatic rings. The Labute approximate surface area is 82.2 Å². The lowest BCUT2D eigenvalue weighted by Gasteiger charge is -2.27. The third kappa shape index (κ3) is 4.73. The molecule has 0 aromatic heterocycles. The number of hydrogen-bond donors (Lipinski definition) is 2. The summed E-state index contributed by atoms with van der Waals surface area (Å²) >= 11 is 0. The van der Waals surface area contributed by atoms with Crippen molar-refractivity contribution < 1.29 is 8.85 Å². The van der Waals surface area contributed by atoms with Crippen LogP contribution < -0.4 is 10.6 Å². The number of likely N-dealkylation sites (N-methyl/N-ethyl adjacent to an activating group) is 2. The number of rotatable bonds is 7. The fraction of sp³-hybridized carbons (Fsp3) is 1.00. The molecule has 2 N–H and O–H groups in total. The van der Waals surface area contributed by atoms with Crippen LogP contribution in [0.15, 0.2) is 0 Å². The van der Waals surface area contributed by atoms with Gasteiger partial charge in [0.15, 0.2) is 0 Å². The van der Waals surface area contributed by atoms with E-state index in [1.807, 2.05) is 14.1 Å². The van der Waals surface area contributed by atoms with Gasteiger partial charge in [0.1, 0.15) is 0 Å². The van der Waals surface area contributed by atoms with Crippen molar-refractivity contribution in [1.82, 2.24) is 10.6 Å². The van der Waals surface area contributed by atoms with Crippen LogP contribution in [0.2, 0.25) is 12.6 Å². The average Bonchev–Trinajstić information content (AvgIpc) is 2.17. The van der Waals surface area contributed by atoms with Crippen molar-refractivity contribution in [3.05, 3.63) is 0 Å². The zero-order valence-corrected chi connectivity index (χ0v) is 10.3. The van der Waals surface area contributed by atoms with Gasteiger partial charge in [-0.05, 0) is 20.6 Å². The van der Waals surface area contributed by atoms with Gasteiger partial charge in [0.05, 0.1) is 0 Å². The summed E-state index contributed by atoms with van der Waals surface area (Å²) in [5.41, 5.74) is 0. The van der Waals surface area contributed by atoms with Gasteiger partial charge < -0.3 is 19.5 Å². The summed E-state index contributed by atoms with van der Waals surface area (Å²) in [6, 6.07) is 1.37. The van der Waals surface area contributed by atoms with Gasteiger partial charge in [0.2, 0.25) is 0 Å². The Hall–Kier alpha value is 0.0569. The molecule has 0 aliphatic rings. The van der Waals surface area contributed by atoms with E-state index in [-0.39, 0.29) is 0 Å². The summed E-state index contributed by atoms with van der Waals surface area (Å²) < 4.78 is 10.8. The monoisotopic (exact) mass is 206 g/mol. The summed E-state index contributed by atoms with van der Waals surface area (Å²) in [5, 5.41) is 6.38. The first-order chi connectivity index (χ1) is 6.11. The molecule has 0 saturated carbocycles. The minimum atomic E-state index is -1.92. The summed E-state index contributed by atoms with van der Waals surface area (Å²) in [5.74, 6) is 0. The Balaban J connectivity index is 4.02. The van der Waals surface area contributed by atoms with Crippen molar-refractivity contribution in [2.75, 3.05) is 34.9 Å². The Morgan fingerprint density at radius 2 is 1.77 bits per heavy atom. The highest BCUT2D eigenvalue weighted by molar-refractivity contribution is 6.66. The highest BCUT2D eigenvalue weighted by Crippen LogP contribution is 2.13. The van der Waals surface area contributed by atoms with Crippen molar-refractivity contribution in [2.24, 2.45) is 0 Å². The van der Waals surface area contributed by atoms with Crippen LogP contribution in [0, 0.1) is 0 Å². The fourth-order valence-corrected chi connectivity index (χ4v) is 2.96. The molecule has 4 nitrogen and oxygen atoms in total. The van der Waals surface area contributed by atoms with Crippen molar-refractivity contribution in [2.45, 2.75) is 18.6 Å². The highest BCUT2D eigenvalue weighted by atomic mass is 28.4. The van der Waals surface area contributed by atoms with E-state index in [9.17, 15) is 0 Å². The third-order valence-electron chi connectivity index (χ3n) is 2.34. The Morgan fingerprint density at radius 3 is 2.08 bits per heavy atom. The van der Waals surface area contributed by atoms with Crippen LogP contribution in [-0.2, 0) is 8.85 Å². The molecule has 0 aromatic carbocycles. The second-order valence-corrected chi connectivity index (χ2v) is 6.78. The largest absolute Gasteiger partial charge is 0.398 e. The molecule has 0 amide bonds. The lowest BCUT2D eigenvalue weighted by Crippen LogP contribution is -2.46. The van der Waals surface area contributed by atoms with Crippen LogP contribution in [0.25, 0.3) is 0 Å². The standard InChI is InChI=1S/C8H22N2O2Si/c1-9-6-8(10-2)7-13(5,11-3)12-4/h8-10H,6-7H2,1-5H3. The fourth-order valence-electron chi connectivity index (χ4n) is 1.22. The van der Waals surface area contributed by atoms with Crippen LogP contribution in [0.3, 0.4) is 0 Å². The van der Waals surface area contributed by atoms with Gasteiger partial charge in [-0.1, -0.05) is 0 Å². The minimum Gasteiger partial charge on any atom is -0.398 e. The van der Waals surface area contributed by atoms with E-state index in [0.29, 0.717) is 6.04 Å². The summed E-state index contributed by atoms with van der Waals surface area (Å²) in [7, 11) is 5.43. The van der Waals surface area contributed by atoms with E-state index in [1.165, 1.54) is 0 Å². The molecule has 0 radical (unpaired) electrons. The molecule has 0 saturated heterocycles. The molecular formula is C8H22N2O2Si. The van der Waals surface area contributed by atoms with Crippen molar-refractivity contribution in [3.63, 3.8) is 0 Å². The van der Waals surface area contributed by atoms with Crippen LogP contribution in [-0.4, -0.2) is 49.5 Å². The van der Waals surface area contributed by atoms with Gasteiger partial charge in [-0.3, -0.25) is 0 Å². The summed E-state index contributed by atoms with van der Waals surface area (Å²) in [6.45, 7) is 3.01. The van der Waals surface area contributed by atoms with Gasteiger partial charge in [-0.15, -0.1) is 0 Å². The first-order valence-electron chi connectivity index (χ1n) is 4.54. The van der Waals surface area contributed by atoms with E-state index in [1.54, 1.807) is 14.2 Å². The molecular weight excluding hydrogens is 184 g/mol. The van der Waals surface area contributed by atoms with Crippen molar-refractivity contribution in [3.8, 4) is 0 Å². The SMILES string of the molecule is CNCC(C[Si](C)(OC)OC)NC. The maximum Gasteiger partial charge on any atom is 0.336 e. The molecule has 5 heteroatoms. The minimum absolute atomic E-state index is 0.418. The zero-order valence-electron chi connectivity index (χ0n) is 9.31. The first kappa shape index (κ1) is 13.1. The van der Waals surface area contributed by atoms with Gasteiger partial charge in [0.25, 0.3) is 0 Å². The van der Waals surface area contributed by atoms with Crippen molar-refractivity contribution >= 4 is 8.56 Å². The van der Waals surface area contributed by atoms with Crippen molar-refractivity contribution in [1.29, 1.82) is 0 Å². The molecule has 0 aliphatic heterocycles. The van der Waals surface area contributed by atoms with Gasteiger partial charge >= 0.3 is 8.56 Å². The van der Waals surface area contributed by atoms with Crippen LogP contribution in [0.1, 0.15) is 0 Å². The number of nitrogens with one attached hydrogen (secondary N) is 2. The maximum atomic E-state index is 5.41. The number of hydrogen-bond acceptors (Lipinski definition) is 4. The van der Waals surface area contributed by atoms with E-state index in [0.717, 1.165) is 12.6 Å². The van der Waals surface area contributed by atoms with E-state index < -0.39 is 8.56 Å². The molecule has 1 atom stereocenters. The predicted molar refractivity (Wildman–Crippen MR) is 57.2 cm³/mol. The van der Waals surface area contributed by atoms with E-state index in [2.05, 4.69) is 17.2 Å². The van der Waals surface area contributed by atoms with Crippen LogP contribution in [0.5, 0.6) is 0 Å². The van der Waals surface area contributed by atoms with Gasteiger partial charge in [0, 0.05) is 32.9 Å². The normalized spacial score (nSPS) is 14.5. The molecule has 1 unspecified atom stereocenters. The second-order valence-electron chi connectivity index (χ2n) is 3.29. The molecule has 0 heterocycles. The molecule has 0 bridgehead atoms. The van der Waals surface area contributed by atoms with E-state index in [4.69, 9.17) is 8.85 Å². The van der Waals surface area contributed by atoms with Crippen LogP contribution in [0.4, 0.5) is 0 Å². The highest BCUT2D eigenvalue weighted by Gasteiger charge is 2.31. The molecule has 0 fully saturated rings. The second kappa shape index (κ2) is 6.50. The first-order valence-corrected chi connectivity index (χ1v) is 7.06. The lowest BCUT2D eigenvalue weighted by molar-refractivity contribution is 0.244. The summed E-state index contributed by atoms with van der Waals surface area (Å²) in [4.78, 5) is 0. The Morgan fingerprint density at radius 1 is 1.23 bits per heavy atom. The molecule has 0 rings (SSSR count). The Bertz CT molecular complexity index is 131. The topological polar surface area (TPSA) is 42.5 Å². The Kier molecular flexibility index (Phi) is 6.53. The molecule has 0 aliphatic carbocycles. The maximum absolute atomic E-state index is 5.41. The van der Waals surface area contributed by atoms with Gasteiger partial charge in [-0.2, -0.15) is 0 Å². The smallest absolute Gasteiger partial charge is 0.336 e. The predicted octanol–water partition coefficient (Wildman–Crippen LogP) is 0.159. The van der Waals surface area contributed by atoms with Gasteiger partial charge in [-0.25, -0.2) is 0 Å². The molecule has 13 heavy (non-hydrogen) atoms. The molecule has 0 spiro atoms. The molecule has 80 valence electrons. The quantitative estimate of drug-likeness (QED) is 0.582. The van der Waals surface area contributed by atoms with Crippen LogP contribution >= 0.6 is 0 Å². The summed E-state index contributed by atoms with van der Waals surface area (Å²) in [6.07, 6.45) is 0. The zero-order chi connectivity index (χ0) is 10.3. The average molecular weight is 206 g/mol. The third-order valence-corrected chi connectivity index (χ3v) is 5.30. The van der Waals surface area contributed by atoms with E-state index >= 15 is 0 Å².